The Hall–Kier alpha value is 0.160. The van der Waals surface area contributed by atoms with Crippen molar-refractivity contribution in [1.82, 2.24) is 0 Å². The summed E-state index contributed by atoms with van der Waals surface area (Å²) in [6.07, 6.45) is 4.99. The topological polar surface area (TPSA) is 58.9 Å². The lowest BCUT2D eigenvalue weighted by Crippen LogP contribution is -2.34. The number of aliphatic imine (C=N–C) groups is 2. The van der Waals surface area contributed by atoms with E-state index in [1.165, 1.54) is 0 Å². The van der Waals surface area contributed by atoms with Gasteiger partial charge in [0, 0.05) is 31.5 Å². The van der Waals surface area contributed by atoms with E-state index >= 15 is 0 Å². The van der Waals surface area contributed by atoms with Gasteiger partial charge in [0.15, 0.2) is 0 Å². The van der Waals surface area contributed by atoms with Gasteiger partial charge in [0.05, 0.1) is 13.1 Å². The Morgan fingerprint density at radius 3 is 1.59 bits per heavy atom. The average Bonchev–Trinajstić information content (AvgIpc) is 2.45. The molecular weight excluding hydrogens is 356 g/mol. The van der Waals surface area contributed by atoms with Crippen molar-refractivity contribution in [2.75, 3.05) is 24.6 Å². The Morgan fingerprint density at radius 1 is 0.955 bits per heavy atom. The first-order chi connectivity index (χ1) is 10.3. The summed E-state index contributed by atoms with van der Waals surface area (Å²) in [5.41, 5.74) is 0. The molecule has 0 aromatic heterocycles. The van der Waals surface area contributed by atoms with Gasteiger partial charge in [-0.05, 0) is 26.7 Å². The quantitative estimate of drug-likeness (QED) is 0.387. The highest BCUT2D eigenvalue weighted by Gasteiger charge is 2.32. The zero-order valence-corrected chi connectivity index (χ0v) is 16.2. The van der Waals surface area contributed by atoms with Crippen molar-refractivity contribution in [2.24, 2.45) is 9.98 Å². The molecule has 1 fully saturated rings. The summed E-state index contributed by atoms with van der Waals surface area (Å²) in [5, 5.41) is 1.04. The Morgan fingerprint density at radius 2 is 1.32 bits per heavy atom. The molecule has 4 nitrogen and oxygen atoms in total. The molecule has 1 aliphatic rings. The van der Waals surface area contributed by atoms with Crippen LogP contribution in [0.2, 0.25) is 0 Å². The second-order valence-electron chi connectivity index (χ2n) is 6.13. The molecule has 22 heavy (non-hydrogen) atoms. The summed E-state index contributed by atoms with van der Waals surface area (Å²) < 4.78 is -0.529. The lowest BCUT2D eigenvalue weighted by atomic mass is 10.0. The van der Waals surface area contributed by atoms with Gasteiger partial charge in [-0.15, -0.1) is 0 Å². The molecule has 4 unspecified atom stereocenters. The fourth-order valence-electron chi connectivity index (χ4n) is 2.33. The van der Waals surface area contributed by atoms with Crippen molar-refractivity contribution < 1.29 is 9.59 Å². The molecule has 0 radical (unpaired) electrons. The van der Waals surface area contributed by atoms with Crippen molar-refractivity contribution in [1.29, 1.82) is 0 Å². The maximum Gasteiger partial charge on any atom is 0.234 e. The highest BCUT2D eigenvalue weighted by molar-refractivity contribution is 8.07. The predicted molar refractivity (Wildman–Crippen MR) is 102 cm³/mol. The van der Waals surface area contributed by atoms with Crippen LogP contribution in [0.1, 0.15) is 26.7 Å². The van der Waals surface area contributed by atoms with Gasteiger partial charge in [0.2, 0.25) is 12.2 Å². The standard InChI is InChI=1S/C14H22N2O2S4/c1-13(19,7-15-9-17)3-11-5-22-12(6-21-11)4-14(2,20)8-16-10-18/h11-12,19-20H,3-8H2,1-2H3. The minimum absolute atomic E-state index is 0.265. The minimum atomic E-state index is -0.265. The fourth-order valence-corrected chi connectivity index (χ4v) is 6.59. The summed E-state index contributed by atoms with van der Waals surface area (Å²) >= 11 is 13.1. The van der Waals surface area contributed by atoms with E-state index < -0.39 is 0 Å². The Kier molecular flexibility index (Phi) is 8.68. The zero-order chi connectivity index (χ0) is 16.6. The number of hydrogen-bond donors (Lipinski definition) is 2. The normalized spacial score (nSPS) is 26.9. The van der Waals surface area contributed by atoms with Crippen LogP contribution in [0.5, 0.6) is 0 Å². The van der Waals surface area contributed by atoms with Gasteiger partial charge in [-0.2, -0.15) is 48.8 Å². The van der Waals surface area contributed by atoms with Crippen LogP contribution in [-0.4, -0.2) is 56.7 Å². The second kappa shape index (κ2) is 9.45. The molecule has 0 aromatic carbocycles. The SMILES string of the molecule is CC(S)(CN=C=O)CC1CSC(CC(C)(S)CN=C=O)CS1. The first-order valence-corrected chi connectivity index (χ1v) is 10.0. The Bertz CT molecular complexity index is 408. The third-order valence-electron chi connectivity index (χ3n) is 3.34. The van der Waals surface area contributed by atoms with Crippen LogP contribution >= 0.6 is 48.8 Å². The van der Waals surface area contributed by atoms with Gasteiger partial charge in [-0.3, -0.25) is 0 Å². The molecule has 4 atom stereocenters. The summed E-state index contributed by atoms with van der Waals surface area (Å²) in [4.78, 5) is 27.7. The monoisotopic (exact) mass is 378 g/mol. The molecule has 1 heterocycles. The molecule has 124 valence electrons. The summed E-state index contributed by atoms with van der Waals surface area (Å²) in [6.45, 7) is 4.83. The van der Waals surface area contributed by atoms with Gasteiger partial charge >= 0.3 is 0 Å². The molecule has 0 aromatic rings. The number of thiol groups is 2. The highest BCUT2D eigenvalue weighted by atomic mass is 32.2. The smallest absolute Gasteiger partial charge is 0.211 e. The van der Waals surface area contributed by atoms with Crippen LogP contribution in [0.15, 0.2) is 9.98 Å². The third-order valence-corrected chi connectivity index (χ3v) is 7.21. The highest BCUT2D eigenvalue weighted by Crippen LogP contribution is 2.39. The van der Waals surface area contributed by atoms with Crippen molar-refractivity contribution in [3.63, 3.8) is 0 Å². The van der Waals surface area contributed by atoms with Gasteiger partial charge in [0.25, 0.3) is 0 Å². The van der Waals surface area contributed by atoms with Crippen LogP contribution in [0, 0.1) is 0 Å². The summed E-state index contributed by atoms with van der Waals surface area (Å²) in [7, 11) is 0. The number of nitrogens with zero attached hydrogens (tertiary/aromatic N) is 2. The van der Waals surface area contributed by atoms with E-state index in [-0.39, 0.29) is 9.49 Å². The van der Waals surface area contributed by atoms with Crippen LogP contribution in [-0.2, 0) is 9.59 Å². The van der Waals surface area contributed by atoms with E-state index in [0.717, 1.165) is 24.3 Å². The Labute approximate surface area is 151 Å². The average molecular weight is 379 g/mol. The molecule has 0 aliphatic carbocycles. The zero-order valence-electron chi connectivity index (χ0n) is 12.8. The molecule has 0 N–H and O–H groups in total. The van der Waals surface area contributed by atoms with Crippen molar-refractivity contribution in [3.8, 4) is 0 Å². The molecule has 0 amide bonds. The van der Waals surface area contributed by atoms with Crippen LogP contribution < -0.4 is 0 Å². The molecule has 1 aliphatic heterocycles. The number of hydrogen-bond acceptors (Lipinski definition) is 8. The van der Waals surface area contributed by atoms with Gasteiger partial charge < -0.3 is 0 Å². The summed E-state index contributed by atoms with van der Waals surface area (Å²) in [6, 6.07) is 0. The van der Waals surface area contributed by atoms with Crippen LogP contribution in [0.25, 0.3) is 0 Å². The van der Waals surface area contributed by atoms with E-state index in [2.05, 4.69) is 35.2 Å². The van der Waals surface area contributed by atoms with E-state index in [1.54, 1.807) is 12.2 Å². The summed E-state index contributed by atoms with van der Waals surface area (Å²) in [5.74, 6) is 2.11. The largest absolute Gasteiger partial charge is 0.234 e. The number of rotatable bonds is 8. The van der Waals surface area contributed by atoms with E-state index in [9.17, 15) is 9.59 Å². The van der Waals surface area contributed by atoms with E-state index in [1.807, 2.05) is 37.4 Å². The molecule has 0 bridgehead atoms. The van der Waals surface area contributed by atoms with Gasteiger partial charge in [0.1, 0.15) is 0 Å². The number of isocyanates is 2. The number of carbonyl (C=O) groups excluding carboxylic acids is 2. The molecule has 1 rings (SSSR count). The van der Waals surface area contributed by atoms with Crippen molar-refractivity contribution >= 4 is 60.9 Å². The van der Waals surface area contributed by atoms with Crippen LogP contribution in [0.4, 0.5) is 0 Å². The maximum absolute atomic E-state index is 10.2. The van der Waals surface area contributed by atoms with Gasteiger partial charge in [-0.1, -0.05) is 0 Å². The number of thioether (sulfide) groups is 2. The van der Waals surface area contributed by atoms with E-state index in [4.69, 9.17) is 0 Å². The van der Waals surface area contributed by atoms with Gasteiger partial charge in [-0.25, -0.2) is 19.6 Å². The molecule has 0 saturated carbocycles. The minimum Gasteiger partial charge on any atom is -0.211 e. The second-order valence-corrected chi connectivity index (χ2v) is 11.0. The predicted octanol–water partition coefficient (Wildman–Crippen LogP) is 3.03. The lowest BCUT2D eigenvalue weighted by Gasteiger charge is -2.34. The lowest BCUT2D eigenvalue weighted by molar-refractivity contribution is 0.551. The molecule has 8 heteroatoms. The van der Waals surface area contributed by atoms with Crippen molar-refractivity contribution in [3.05, 3.63) is 0 Å². The first-order valence-electron chi connectivity index (χ1n) is 7.03. The first kappa shape index (κ1) is 20.2. The van der Waals surface area contributed by atoms with Crippen molar-refractivity contribution in [2.45, 2.75) is 46.7 Å². The third kappa shape index (κ3) is 8.14. The maximum atomic E-state index is 10.2. The molecule has 0 spiro atoms. The van der Waals surface area contributed by atoms with E-state index in [0.29, 0.717) is 23.6 Å². The molecule has 1 saturated heterocycles. The molecular formula is C14H22N2O2S4. The fraction of sp³-hybridized carbons (Fsp3) is 0.857. The Balaban J connectivity index is 2.40. The van der Waals surface area contributed by atoms with Crippen LogP contribution in [0.3, 0.4) is 0 Å².